The average molecular weight is 344 g/mol. The first-order valence-electron chi connectivity index (χ1n) is 7.38. The molecule has 0 spiro atoms. The molecule has 3 rings (SSSR count). The van der Waals surface area contributed by atoms with Crippen molar-refractivity contribution < 1.29 is 22.7 Å². The quantitative estimate of drug-likeness (QED) is 0.764. The fraction of sp³-hybridized carbons (Fsp3) is 0.111. The second kappa shape index (κ2) is 7.12. The summed E-state index contributed by atoms with van der Waals surface area (Å²) in [5, 5.41) is 2.59. The Morgan fingerprint density at radius 2 is 2.00 bits per heavy atom. The number of anilines is 1. The Morgan fingerprint density at radius 3 is 2.64 bits per heavy atom. The van der Waals surface area contributed by atoms with E-state index in [-0.39, 0.29) is 5.56 Å². The van der Waals surface area contributed by atoms with Gasteiger partial charge in [-0.3, -0.25) is 4.79 Å². The highest BCUT2D eigenvalue weighted by Crippen LogP contribution is 2.32. The third kappa shape index (κ3) is 3.65. The van der Waals surface area contributed by atoms with Crippen molar-refractivity contribution in [2.24, 2.45) is 0 Å². The number of hydrogen-bond acceptors (Lipinski definition) is 4. The summed E-state index contributed by atoms with van der Waals surface area (Å²) in [5.74, 6) is -1.07. The molecule has 0 bridgehead atoms. The van der Waals surface area contributed by atoms with E-state index >= 15 is 0 Å². The number of methoxy groups -OCH3 is 1. The van der Waals surface area contributed by atoms with Gasteiger partial charge in [0, 0.05) is 17.3 Å². The molecule has 25 heavy (non-hydrogen) atoms. The first kappa shape index (κ1) is 16.6. The Labute approximate surface area is 142 Å². The van der Waals surface area contributed by atoms with Crippen LogP contribution in [0.5, 0.6) is 5.75 Å². The van der Waals surface area contributed by atoms with E-state index in [2.05, 4.69) is 10.3 Å². The van der Waals surface area contributed by atoms with Gasteiger partial charge in [0.15, 0.2) is 12.2 Å². The van der Waals surface area contributed by atoms with E-state index in [4.69, 9.17) is 9.15 Å². The van der Waals surface area contributed by atoms with Crippen LogP contribution in [0.1, 0.15) is 5.56 Å². The van der Waals surface area contributed by atoms with Crippen LogP contribution in [0.2, 0.25) is 0 Å². The Balaban J connectivity index is 1.78. The topological polar surface area (TPSA) is 64.4 Å². The van der Waals surface area contributed by atoms with Crippen LogP contribution in [-0.2, 0) is 11.2 Å². The molecular formula is C18H14F2N2O3. The van der Waals surface area contributed by atoms with Crippen LogP contribution in [0.4, 0.5) is 14.5 Å². The number of rotatable bonds is 5. The maximum atomic E-state index is 13.6. The van der Waals surface area contributed by atoms with Crippen LogP contribution in [-0.4, -0.2) is 18.0 Å². The number of oxazole rings is 1. The lowest BCUT2D eigenvalue weighted by molar-refractivity contribution is -0.115. The first-order valence-corrected chi connectivity index (χ1v) is 7.38. The maximum Gasteiger partial charge on any atom is 0.229 e. The number of benzene rings is 2. The number of halogens is 2. The molecule has 0 aliphatic heterocycles. The number of carbonyl (C=O) groups is 1. The van der Waals surface area contributed by atoms with Crippen LogP contribution in [0.25, 0.3) is 11.3 Å². The molecular weight excluding hydrogens is 330 g/mol. The van der Waals surface area contributed by atoms with Gasteiger partial charge in [0.1, 0.15) is 17.4 Å². The molecule has 0 saturated carbocycles. The molecule has 0 unspecified atom stereocenters. The van der Waals surface area contributed by atoms with E-state index in [9.17, 15) is 13.6 Å². The maximum absolute atomic E-state index is 13.6. The van der Waals surface area contributed by atoms with Gasteiger partial charge in [-0.2, -0.15) is 0 Å². The molecule has 128 valence electrons. The largest absolute Gasteiger partial charge is 0.496 e. The molecule has 0 aliphatic rings. The normalized spacial score (nSPS) is 10.5. The van der Waals surface area contributed by atoms with Crippen LogP contribution < -0.4 is 10.1 Å². The van der Waals surface area contributed by atoms with E-state index in [1.807, 2.05) is 0 Å². The minimum absolute atomic E-state index is 0.273. The smallest absolute Gasteiger partial charge is 0.229 e. The van der Waals surface area contributed by atoms with Crippen LogP contribution >= 0.6 is 0 Å². The fourth-order valence-corrected chi connectivity index (χ4v) is 2.39. The van der Waals surface area contributed by atoms with Gasteiger partial charge in [-0.25, -0.2) is 13.8 Å². The van der Waals surface area contributed by atoms with Crippen molar-refractivity contribution in [1.29, 1.82) is 0 Å². The summed E-state index contributed by atoms with van der Waals surface area (Å²) in [6.07, 6.45) is 2.43. The Morgan fingerprint density at radius 1 is 1.24 bits per heavy atom. The van der Waals surface area contributed by atoms with Gasteiger partial charge in [-0.05, 0) is 24.3 Å². The lowest BCUT2D eigenvalue weighted by Gasteiger charge is -2.11. The molecule has 5 nitrogen and oxygen atoms in total. The zero-order chi connectivity index (χ0) is 17.8. The first-order chi connectivity index (χ1) is 12.1. The van der Waals surface area contributed by atoms with Gasteiger partial charge < -0.3 is 14.5 Å². The molecule has 2 aromatic carbocycles. The molecule has 0 atom stereocenters. The van der Waals surface area contributed by atoms with Gasteiger partial charge in [-0.1, -0.05) is 6.07 Å². The summed E-state index contributed by atoms with van der Waals surface area (Å²) in [7, 11) is 1.48. The van der Waals surface area contributed by atoms with Gasteiger partial charge in [-0.15, -0.1) is 0 Å². The highest BCUT2D eigenvalue weighted by molar-refractivity contribution is 5.93. The molecule has 0 aliphatic carbocycles. The summed E-state index contributed by atoms with van der Waals surface area (Å²) in [6, 6.07) is 8.39. The summed E-state index contributed by atoms with van der Waals surface area (Å²) >= 11 is 0. The fourth-order valence-electron chi connectivity index (χ4n) is 2.39. The molecule has 3 aromatic rings. The molecule has 0 fully saturated rings. The highest BCUT2D eigenvalue weighted by atomic mass is 19.1. The van der Waals surface area contributed by atoms with Gasteiger partial charge >= 0.3 is 0 Å². The number of hydrogen-bond donors (Lipinski definition) is 1. The molecule has 1 aromatic heterocycles. The molecule has 1 heterocycles. The van der Waals surface area contributed by atoms with E-state index in [0.29, 0.717) is 22.8 Å². The number of carbonyl (C=O) groups excluding carboxylic acids is 1. The Bertz CT molecular complexity index is 875. The number of aromatic nitrogens is 1. The molecule has 1 amide bonds. The van der Waals surface area contributed by atoms with Gasteiger partial charge in [0.2, 0.25) is 5.91 Å². The summed E-state index contributed by atoms with van der Waals surface area (Å²) in [6.45, 7) is 0. The molecule has 1 N–H and O–H groups in total. The zero-order valence-corrected chi connectivity index (χ0v) is 13.3. The van der Waals surface area contributed by atoms with Gasteiger partial charge in [0.05, 0.1) is 25.3 Å². The van der Waals surface area contributed by atoms with E-state index in [0.717, 1.165) is 12.1 Å². The molecule has 7 heteroatoms. The van der Waals surface area contributed by atoms with Crippen molar-refractivity contribution in [3.05, 3.63) is 66.2 Å². The molecule has 0 radical (unpaired) electrons. The number of ether oxygens (including phenoxy) is 1. The minimum Gasteiger partial charge on any atom is -0.496 e. The van der Waals surface area contributed by atoms with Crippen molar-refractivity contribution in [3.63, 3.8) is 0 Å². The monoisotopic (exact) mass is 344 g/mol. The van der Waals surface area contributed by atoms with Crippen LogP contribution in [0.3, 0.4) is 0 Å². The predicted octanol–water partition coefficient (Wildman–Crippen LogP) is 3.81. The Hall–Kier alpha value is -3.22. The highest BCUT2D eigenvalue weighted by Gasteiger charge is 2.15. The van der Waals surface area contributed by atoms with Gasteiger partial charge in [0.25, 0.3) is 0 Å². The number of amides is 1. The van der Waals surface area contributed by atoms with Crippen molar-refractivity contribution in [3.8, 4) is 17.1 Å². The van der Waals surface area contributed by atoms with Crippen molar-refractivity contribution in [2.75, 3.05) is 12.4 Å². The minimum atomic E-state index is -0.756. The third-order valence-electron chi connectivity index (χ3n) is 3.58. The average Bonchev–Trinajstić information content (AvgIpc) is 3.12. The standard InChI is InChI=1S/C18H14F2N2O3/c1-24-16-7-11(5-6-12(16)17-9-21-10-25-17)22-18(23)8-13-14(19)3-2-4-15(13)20/h2-7,9-10H,8H2,1H3,(H,22,23). The Kier molecular flexibility index (Phi) is 4.74. The van der Waals surface area contributed by atoms with Crippen LogP contribution in [0.15, 0.2) is 53.4 Å². The van der Waals surface area contributed by atoms with E-state index in [1.54, 1.807) is 18.2 Å². The molecule has 0 saturated heterocycles. The SMILES string of the molecule is COc1cc(NC(=O)Cc2c(F)cccc2F)ccc1-c1cnco1. The van der Waals surface area contributed by atoms with Crippen LogP contribution in [0, 0.1) is 11.6 Å². The second-order valence-corrected chi connectivity index (χ2v) is 5.21. The van der Waals surface area contributed by atoms with Crippen molar-refractivity contribution in [2.45, 2.75) is 6.42 Å². The predicted molar refractivity (Wildman–Crippen MR) is 87.2 cm³/mol. The number of nitrogens with zero attached hydrogens (tertiary/aromatic N) is 1. The van der Waals surface area contributed by atoms with Crippen molar-refractivity contribution in [1.82, 2.24) is 4.98 Å². The lowest BCUT2D eigenvalue weighted by Crippen LogP contribution is -2.16. The summed E-state index contributed by atoms with van der Waals surface area (Å²) in [5.41, 5.74) is 0.824. The summed E-state index contributed by atoms with van der Waals surface area (Å²) < 4.78 is 37.8. The second-order valence-electron chi connectivity index (χ2n) is 5.21. The summed E-state index contributed by atoms with van der Waals surface area (Å²) in [4.78, 5) is 15.9. The number of nitrogens with one attached hydrogen (secondary N) is 1. The lowest BCUT2D eigenvalue weighted by atomic mass is 10.1. The zero-order valence-electron chi connectivity index (χ0n) is 13.3. The third-order valence-corrected chi connectivity index (χ3v) is 3.58. The van der Waals surface area contributed by atoms with E-state index in [1.165, 1.54) is 25.8 Å². The van der Waals surface area contributed by atoms with E-state index < -0.39 is 24.0 Å². The van der Waals surface area contributed by atoms with Crippen molar-refractivity contribution >= 4 is 11.6 Å².